The van der Waals surface area contributed by atoms with Crippen molar-refractivity contribution in [1.82, 2.24) is 10.3 Å². The van der Waals surface area contributed by atoms with E-state index < -0.39 is 16.1 Å². The van der Waals surface area contributed by atoms with Gasteiger partial charge < -0.3 is 14.8 Å². The Balaban J connectivity index is 1.98. The van der Waals surface area contributed by atoms with Gasteiger partial charge in [0.05, 0.1) is 5.69 Å². The number of pyridine rings is 1. The van der Waals surface area contributed by atoms with Gasteiger partial charge >= 0.3 is 17.4 Å². The van der Waals surface area contributed by atoms with Crippen LogP contribution in [0.25, 0.3) is 4.25 Å². The van der Waals surface area contributed by atoms with Crippen LogP contribution in [0.4, 0.5) is 5.82 Å². The SMILES string of the molecule is CC(C#[N+][S@+]([O-])C(C)(C)C)c1nc(N2CCC[C@H]2C)cc2c1CNC2=O. The summed E-state index contributed by atoms with van der Waals surface area (Å²) < 4.78 is 15.9. The fourth-order valence-corrected chi connectivity index (χ4v) is 3.86. The lowest BCUT2D eigenvalue weighted by atomic mass is 10.00. The molecule has 0 aromatic carbocycles. The van der Waals surface area contributed by atoms with Crippen LogP contribution in [0.5, 0.6) is 0 Å². The molecule has 3 heterocycles. The Morgan fingerprint density at radius 2 is 2.23 bits per heavy atom. The lowest BCUT2D eigenvalue weighted by Gasteiger charge is -2.24. The molecule has 2 aliphatic heterocycles. The molecule has 6 nitrogen and oxygen atoms in total. The van der Waals surface area contributed by atoms with Gasteiger partial charge in [-0.25, -0.2) is 4.98 Å². The predicted octanol–water partition coefficient (Wildman–Crippen LogP) is 3.21. The molecule has 3 rings (SSSR count). The number of amides is 1. The minimum Gasteiger partial charge on any atom is -0.542 e. The van der Waals surface area contributed by atoms with Gasteiger partial charge in [0.1, 0.15) is 11.7 Å². The monoisotopic (exact) mass is 375 g/mol. The number of carbonyl (C=O) groups is 1. The summed E-state index contributed by atoms with van der Waals surface area (Å²) in [4.78, 5) is 19.4. The third-order valence-electron chi connectivity index (χ3n) is 4.92. The van der Waals surface area contributed by atoms with Crippen molar-refractivity contribution in [2.75, 3.05) is 11.4 Å². The molecule has 2 aliphatic rings. The highest BCUT2D eigenvalue weighted by Gasteiger charge is 2.38. The Kier molecular flexibility index (Phi) is 5.18. The van der Waals surface area contributed by atoms with Gasteiger partial charge in [0, 0.05) is 30.3 Å². The third kappa shape index (κ3) is 3.67. The van der Waals surface area contributed by atoms with Crippen LogP contribution in [0.1, 0.15) is 75.0 Å². The van der Waals surface area contributed by atoms with Gasteiger partial charge in [-0.2, -0.15) is 0 Å². The maximum absolute atomic E-state index is 12.2. The van der Waals surface area contributed by atoms with Crippen LogP contribution >= 0.6 is 0 Å². The van der Waals surface area contributed by atoms with Crippen molar-refractivity contribution in [2.24, 2.45) is 0 Å². The zero-order valence-electron chi connectivity index (χ0n) is 16.1. The van der Waals surface area contributed by atoms with E-state index in [2.05, 4.69) is 27.5 Å². The maximum atomic E-state index is 12.2. The van der Waals surface area contributed by atoms with Crippen molar-refractivity contribution in [1.29, 1.82) is 0 Å². The highest BCUT2D eigenvalue weighted by atomic mass is 32.2. The quantitative estimate of drug-likeness (QED) is 0.806. The summed E-state index contributed by atoms with van der Waals surface area (Å²) in [5.74, 6) is 0.547. The molecule has 0 radical (unpaired) electrons. The number of rotatable bonds is 2. The molecule has 0 bridgehead atoms. The normalized spacial score (nSPS) is 21.7. The highest BCUT2D eigenvalue weighted by Crippen LogP contribution is 2.32. The number of fused-ring (bicyclic) bond motifs is 1. The van der Waals surface area contributed by atoms with E-state index in [9.17, 15) is 9.35 Å². The lowest BCUT2D eigenvalue weighted by molar-refractivity contribution is 0.0965. The van der Waals surface area contributed by atoms with Crippen molar-refractivity contribution in [3.8, 4) is 6.07 Å². The second kappa shape index (κ2) is 7.09. The first kappa shape index (κ1) is 19.0. The number of aromatic nitrogens is 1. The number of hydrogen-bond donors (Lipinski definition) is 1. The van der Waals surface area contributed by atoms with Crippen molar-refractivity contribution in [3.05, 3.63) is 27.1 Å². The van der Waals surface area contributed by atoms with Crippen molar-refractivity contribution < 1.29 is 9.35 Å². The number of hydrogen-bond acceptors (Lipinski definition) is 4. The molecule has 1 fully saturated rings. The van der Waals surface area contributed by atoms with E-state index in [0.29, 0.717) is 18.2 Å². The Labute approximate surface area is 158 Å². The van der Waals surface area contributed by atoms with Gasteiger partial charge in [-0.3, -0.25) is 4.79 Å². The maximum Gasteiger partial charge on any atom is 0.380 e. The van der Waals surface area contributed by atoms with E-state index in [1.165, 1.54) is 0 Å². The summed E-state index contributed by atoms with van der Waals surface area (Å²) in [6.45, 7) is 11.2. The average Bonchev–Trinajstić information content (AvgIpc) is 3.16. The van der Waals surface area contributed by atoms with Crippen molar-refractivity contribution >= 4 is 23.1 Å². The number of carbonyl (C=O) groups excluding carboxylic acids is 1. The van der Waals surface area contributed by atoms with Crippen LogP contribution in [0, 0.1) is 6.07 Å². The standard InChI is InChI=1S/C19H26N4O2S/c1-12(10-21-26(25)19(3,4)5)17-15-11-20-18(24)14(15)9-16(22-17)23-8-6-7-13(23)2/h9,12-13H,6-8,11H2,1-5H3/p+1/t12?,13-,26-/m1/s1. The Hall–Kier alpha value is -1.78. The molecular weight excluding hydrogens is 348 g/mol. The molecule has 1 amide bonds. The second-order valence-electron chi connectivity index (χ2n) is 8.06. The first-order valence-electron chi connectivity index (χ1n) is 9.15. The van der Waals surface area contributed by atoms with Gasteiger partial charge in [-0.05, 0) is 53.5 Å². The highest BCUT2D eigenvalue weighted by molar-refractivity contribution is 7.94. The molecule has 1 N–H and O–H groups in total. The minimum atomic E-state index is -1.36. The van der Waals surface area contributed by atoms with Gasteiger partial charge in [0.25, 0.3) is 5.91 Å². The second-order valence-corrected chi connectivity index (χ2v) is 9.97. The number of anilines is 1. The topological polar surface area (TPSA) is 72.7 Å². The fraction of sp³-hybridized carbons (Fsp3) is 0.632. The lowest BCUT2D eigenvalue weighted by Crippen LogP contribution is -2.28. The van der Waals surface area contributed by atoms with Gasteiger partial charge in [-0.1, -0.05) is 0 Å². The third-order valence-corrected chi connectivity index (χ3v) is 6.24. The molecule has 26 heavy (non-hydrogen) atoms. The molecule has 1 aromatic heterocycles. The Bertz CT molecular complexity index is 778. The Morgan fingerprint density at radius 1 is 1.50 bits per heavy atom. The summed E-state index contributed by atoms with van der Waals surface area (Å²) in [6, 6.07) is 5.30. The zero-order chi connectivity index (χ0) is 19.1. The fourth-order valence-electron chi connectivity index (χ4n) is 3.33. The summed E-state index contributed by atoms with van der Waals surface area (Å²) >= 11 is -1.36. The van der Waals surface area contributed by atoms with Crippen molar-refractivity contribution in [3.63, 3.8) is 0 Å². The zero-order valence-corrected chi connectivity index (χ0v) is 16.9. The molecule has 1 aromatic rings. The van der Waals surface area contributed by atoms with Crippen molar-refractivity contribution in [2.45, 2.75) is 70.7 Å². The summed E-state index contributed by atoms with van der Waals surface area (Å²) in [6.07, 6.45) is 2.27. The first-order chi connectivity index (χ1) is 12.2. The largest absolute Gasteiger partial charge is 0.542 e. The van der Waals surface area contributed by atoms with E-state index in [4.69, 9.17) is 4.98 Å². The van der Waals surface area contributed by atoms with E-state index in [1.807, 2.05) is 33.8 Å². The number of nitrogens with zero attached hydrogens (tertiary/aromatic N) is 3. The summed E-state index contributed by atoms with van der Waals surface area (Å²) in [5.41, 5.74) is 2.39. The van der Waals surface area contributed by atoms with E-state index >= 15 is 0 Å². The van der Waals surface area contributed by atoms with Crippen LogP contribution in [-0.2, 0) is 17.9 Å². The summed E-state index contributed by atoms with van der Waals surface area (Å²) in [5, 5.41) is 2.88. The van der Waals surface area contributed by atoms with E-state index in [0.717, 1.165) is 36.5 Å². The van der Waals surface area contributed by atoms with Gasteiger partial charge in [0.2, 0.25) is 0 Å². The minimum absolute atomic E-state index is 0.0563. The molecule has 3 atom stereocenters. The molecule has 0 spiro atoms. The molecule has 0 aliphatic carbocycles. The molecule has 7 heteroatoms. The molecule has 0 saturated carbocycles. The van der Waals surface area contributed by atoms with E-state index in [-0.39, 0.29) is 11.8 Å². The van der Waals surface area contributed by atoms with Gasteiger partial charge in [-0.15, -0.1) is 0 Å². The predicted molar refractivity (Wildman–Crippen MR) is 105 cm³/mol. The summed E-state index contributed by atoms with van der Waals surface area (Å²) in [7, 11) is 0. The molecular formula is C19H27N4O2S+. The smallest absolute Gasteiger partial charge is 0.380 e. The first-order valence-corrected chi connectivity index (χ1v) is 10.3. The molecule has 1 unspecified atom stereocenters. The van der Waals surface area contributed by atoms with Crippen LogP contribution in [0.2, 0.25) is 0 Å². The van der Waals surface area contributed by atoms with Gasteiger partial charge in [0.15, 0.2) is 9.00 Å². The van der Waals surface area contributed by atoms with Crippen LogP contribution in [-0.4, -0.2) is 32.8 Å². The molecule has 1 saturated heterocycles. The number of nitrogens with one attached hydrogen (secondary N) is 1. The van der Waals surface area contributed by atoms with Crippen LogP contribution in [0.15, 0.2) is 6.07 Å². The Morgan fingerprint density at radius 3 is 2.85 bits per heavy atom. The average molecular weight is 376 g/mol. The van der Waals surface area contributed by atoms with Crippen LogP contribution in [0.3, 0.4) is 0 Å². The molecule has 140 valence electrons. The van der Waals surface area contributed by atoms with Crippen LogP contribution < -0.4 is 10.2 Å². The van der Waals surface area contributed by atoms with E-state index in [1.54, 1.807) is 0 Å².